The van der Waals surface area contributed by atoms with Crippen molar-refractivity contribution in [2.24, 2.45) is 0 Å². The molecule has 0 spiro atoms. The fourth-order valence-electron chi connectivity index (χ4n) is 2.34. The van der Waals surface area contributed by atoms with Crippen molar-refractivity contribution in [2.75, 3.05) is 0 Å². The number of hydrogen-bond donors (Lipinski definition) is 0. The smallest absolute Gasteiger partial charge is 1.00 e. The van der Waals surface area contributed by atoms with E-state index in [1.807, 2.05) is 18.3 Å². The predicted molar refractivity (Wildman–Crippen MR) is 71.3 cm³/mol. The van der Waals surface area contributed by atoms with Crippen LogP contribution < -0.4 is 24.8 Å². The molecule has 1 nitrogen and oxygen atoms in total. The zero-order valence-corrected chi connectivity index (χ0v) is 13.7. The molecule has 0 amide bonds. The summed E-state index contributed by atoms with van der Waals surface area (Å²) >= 11 is 0. The van der Waals surface area contributed by atoms with E-state index in [1.54, 1.807) is 0 Å². The Balaban J connectivity index is 0.00000120. The SMILES string of the molecule is CC(c1ccccn1)c1c[cH-]c2ccccc12.[Cl-].[Cl-].[Cr+3]. The third-order valence-corrected chi connectivity index (χ3v) is 3.31. The fraction of sp³-hybridized carbons (Fsp3) is 0.125. The van der Waals surface area contributed by atoms with Crippen LogP contribution in [0, 0.1) is 0 Å². The molecule has 0 saturated carbocycles. The molecule has 0 aliphatic rings. The molecule has 1 radical (unpaired) electrons. The Hall–Kier alpha value is -0.908. The summed E-state index contributed by atoms with van der Waals surface area (Å²) in [6.07, 6.45) is 1.86. The third-order valence-electron chi connectivity index (χ3n) is 3.31. The van der Waals surface area contributed by atoms with Gasteiger partial charge in [0.2, 0.25) is 0 Å². The van der Waals surface area contributed by atoms with Gasteiger partial charge >= 0.3 is 17.4 Å². The molecule has 4 heteroatoms. The number of hydrogen-bond acceptors (Lipinski definition) is 1. The molecule has 3 rings (SSSR count). The van der Waals surface area contributed by atoms with E-state index >= 15 is 0 Å². The first-order valence-corrected chi connectivity index (χ1v) is 5.91. The monoisotopic (exact) mass is 342 g/mol. The maximum Gasteiger partial charge on any atom is 3.00 e. The second kappa shape index (κ2) is 8.39. The normalized spacial score (nSPS) is 10.8. The van der Waals surface area contributed by atoms with Gasteiger partial charge < -0.3 is 24.8 Å². The van der Waals surface area contributed by atoms with E-state index in [0.29, 0.717) is 5.92 Å². The second-order valence-electron chi connectivity index (χ2n) is 4.35. The molecule has 0 bridgehead atoms. The van der Waals surface area contributed by atoms with Crippen molar-refractivity contribution in [1.29, 1.82) is 0 Å². The van der Waals surface area contributed by atoms with Crippen molar-refractivity contribution in [3.05, 3.63) is 72.1 Å². The zero-order chi connectivity index (χ0) is 11.7. The number of fused-ring (bicyclic) bond motifs is 1. The quantitative estimate of drug-likeness (QED) is 0.496. The van der Waals surface area contributed by atoms with Gasteiger partial charge in [-0.2, -0.15) is 0 Å². The van der Waals surface area contributed by atoms with Crippen molar-refractivity contribution in [2.45, 2.75) is 12.8 Å². The molecule has 3 aromatic rings. The van der Waals surface area contributed by atoms with Gasteiger partial charge in [0.25, 0.3) is 0 Å². The molecule has 0 aliphatic heterocycles. The number of nitrogens with zero attached hydrogens (tertiary/aromatic N) is 1. The Bertz CT molecular complexity index is 637. The molecule has 20 heavy (non-hydrogen) atoms. The van der Waals surface area contributed by atoms with E-state index in [0.717, 1.165) is 5.69 Å². The second-order valence-corrected chi connectivity index (χ2v) is 4.35. The summed E-state index contributed by atoms with van der Waals surface area (Å²) in [5, 5.41) is 2.65. The van der Waals surface area contributed by atoms with E-state index < -0.39 is 0 Å². The number of rotatable bonds is 2. The Morgan fingerprint density at radius 2 is 1.70 bits per heavy atom. The summed E-state index contributed by atoms with van der Waals surface area (Å²) in [5.41, 5.74) is 2.49. The van der Waals surface area contributed by atoms with Crippen LogP contribution in [0.2, 0.25) is 0 Å². The van der Waals surface area contributed by atoms with E-state index in [1.165, 1.54) is 16.3 Å². The Morgan fingerprint density at radius 3 is 2.40 bits per heavy atom. The summed E-state index contributed by atoms with van der Waals surface area (Å²) < 4.78 is 0. The van der Waals surface area contributed by atoms with Crippen LogP contribution in [-0.2, 0) is 17.4 Å². The van der Waals surface area contributed by atoms with Crippen LogP contribution in [0.25, 0.3) is 10.8 Å². The first-order valence-electron chi connectivity index (χ1n) is 5.91. The molecule has 2 aromatic carbocycles. The number of halogens is 2. The molecule has 0 saturated heterocycles. The minimum Gasteiger partial charge on any atom is -1.00 e. The van der Waals surface area contributed by atoms with Crippen LogP contribution in [-0.4, -0.2) is 4.98 Å². The van der Waals surface area contributed by atoms with Gasteiger partial charge in [-0.3, -0.25) is 4.98 Å². The first-order chi connectivity index (χ1) is 8.36. The van der Waals surface area contributed by atoms with Gasteiger partial charge in [0.15, 0.2) is 0 Å². The van der Waals surface area contributed by atoms with Gasteiger partial charge in [0.05, 0.1) is 0 Å². The maximum atomic E-state index is 4.44. The molecule has 1 heterocycles. The van der Waals surface area contributed by atoms with Crippen molar-refractivity contribution in [1.82, 2.24) is 4.98 Å². The summed E-state index contributed by atoms with van der Waals surface area (Å²) in [7, 11) is 0. The van der Waals surface area contributed by atoms with Crippen LogP contribution in [0.3, 0.4) is 0 Å². The van der Waals surface area contributed by atoms with Gasteiger partial charge in [-0.1, -0.05) is 19.1 Å². The van der Waals surface area contributed by atoms with Crippen LogP contribution >= 0.6 is 0 Å². The Labute approximate surface area is 142 Å². The standard InChI is InChI=1S/C16H14N.2ClH.Cr/c1-12(16-8-4-5-11-17-16)14-10-9-13-6-2-3-7-15(13)14;;;/h2-12H,1H3;2*1H;/q-1;;;+3/p-2. The molecule has 1 aromatic heterocycles. The Kier molecular flexibility index (Phi) is 8.01. The molecule has 0 aliphatic carbocycles. The predicted octanol–water partition coefficient (Wildman–Crippen LogP) is -1.89. The molecular weight excluding hydrogens is 329 g/mol. The van der Waals surface area contributed by atoms with Crippen molar-refractivity contribution >= 4 is 10.8 Å². The topological polar surface area (TPSA) is 12.9 Å². The minimum atomic E-state index is 0. The number of benzene rings is 1. The maximum absolute atomic E-state index is 4.44. The summed E-state index contributed by atoms with van der Waals surface area (Å²) in [4.78, 5) is 4.44. The molecule has 0 N–H and O–H groups in total. The molecule has 0 fully saturated rings. The van der Waals surface area contributed by atoms with Crippen LogP contribution in [0.4, 0.5) is 0 Å². The van der Waals surface area contributed by atoms with Crippen molar-refractivity contribution in [3.63, 3.8) is 0 Å². The number of aromatic nitrogens is 1. The molecular formula is C16H14Cl2CrN. The van der Waals surface area contributed by atoms with Crippen molar-refractivity contribution in [3.8, 4) is 0 Å². The van der Waals surface area contributed by atoms with Gasteiger partial charge in [0.1, 0.15) is 0 Å². The summed E-state index contributed by atoms with van der Waals surface area (Å²) in [5.74, 6) is 0.344. The average molecular weight is 343 g/mol. The number of pyridine rings is 1. The molecule has 1 atom stereocenters. The van der Waals surface area contributed by atoms with E-state index in [-0.39, 0.29) is 42.2 Å². The van der Waals surface area contributed by atoms with Gasteiger partial charge in [-0.15, -0.1) is 46.7 Å². The van der Waals surface area contributed by atoms with Gasteiger partial charge in [-0.05, 0) is 18.1 Å². The van der Waals surface area contributed by atoms with E-state index in [4.69, 9.17) is 0 Å². The van der Waals surface area contributed by atoms with Crippen molar-refractivity contribution < 1.29 is 42.2 Å². The van der Waals surface area contributed by atoms with E-state index in [9.17, 15) is 0 Å². The van der Waals surface area contributed by atoms with Crippen LogP contribution in [0.15, 0.2) is 60.8 Å². The van der Waals surface area contributed by atoms with Crippen LogP contribution in [0.1, 0.15) is 24.1 Å². The molecule has 103 valence electrons. The zero-order valence-electron chi connectivity index (χ0n) is 11.0. The van der Waals surface area contributed by atoms with E-state index in [2.05, 4.69) is 54.4 Å². The first kappa shape index (κ1) is 19.1. The third kappa shape index (κ3) is 3.59. The van der Waals surface area contributed by atoms with Gasteiger partial charge in [0, 0.05) is 11.9 Å². The fourth-order valence-corrected chi connectivity index (χ4v) is 2.34. The minimum absolute atomic E-state index is 0. The van der Waals surface area contributed by atoms with Gasteiger partial charge in [-0.25, -0.2) is 0 Å². The average Bonchev–Trinajstić information content (AvgIpc) is 2.83. The summed E-state index contributed by atoms with van der Waals surface area (Å²) in [6, 6.07) is 19.0. The molecule has 1 unspecified atom stereocenters. The largest absolute Gasteiger partial charge is 3.00 e. The summed E-state index contributed by atoms with van der Waals surface area (Å²) in [6.45, 7) is 2.21. The van der Waals surface area contributed by atoms with Crippen LogP contribution in [0.5, 0.6) is 0 Å². The Morgan fingerprint density at radius 1 is 1.00 bits per heavy atom.